The SMILES string of the molecule is CC1CC1C(=O)N[C@@H](C#N)C(C)C. The Morgan fingerprint density at radius 2 is 2.15 bits per heavy atom. The van der Waals surface area contributed by atoms with Gasteiger partial charge < -0.3 is 5.32 Å². The normalized spacial score (nSPS) is 27.9. The highest BCUT2D eigenvalue weighted by molar-refractivity contribution is 5.82. The van der Waals surface area contributed by atoms with Gasteiger partial charge >= 0.3 is 0 Å². The van der Waals surface area contributed by atoms with Gasteiger partial charge in [0.05, 0.1) is 6.07 Å². The van der Waals surface area contributed by atoms with E-state index in [1.807, 2.05) is 13.8 Å². The fourth-order valence-corrected chi connectivity index (χ4v) is 1.30. The fourth-order valence-electron chi connectivity index (χ4n) is 1.30. The van der Waals surface area contributed by atoms with Crippen LogP contribution in [0.25, 0.3) is 0 Å². The molecule has 1 fully saturated rings. The average molecular weight is 180 g/mol. The first-order valence-electron chi connectivity index (χ1n) is 4.76. The van der Waals surface area contributed by atoms with Gasteiger partial charge in [-0.3, -0.25) is 4.79 Å². The summed E-state index contributed by atoms with van der Waals surface area (Å²) in [5.41, 5.74) is 0. The van der Waals surface area contributed by atoms with Gasteiger partial charge in [0.15, 0.2) is 0 Å². The molecular weight excluding hydrogens is 164 g/mol. The Morgan fingerprint density at radius 3 is 2.46 bits per heavy atom. The van der Waals surface area contributed by atoms with Crippen LogP contribution in [0.2, 0.25) is 0 Å². The Balaban J connectivity index is 2.39. The highest BCUT2D eigenvalue weighted by Gasteiger charge is 2.39. The van der Waals surface area contributed by atoms with Crippen LogP contribution >= 0.6 is 0 Å². The van der Waals surface area contributed by atoms with Crippen LogP contribution in [-0.2, 0) is 4.79 Å². The zero-order chi connectivity index (χ0) is 10.0. The van der Waals surface area contributed by atoms with Gasteiger partial charge in [0, 0.05) is 5.92 Å². The third-order valence-electron chi connectivity index (χ3n) is 2.55. The Morgan fingerprint density at radius 1 is 1.62 bits per heavy atom. The van der Waals surface area contributed by atoms with Crippen molar-refractivity contribution in [3.8, 4) is 6.07 Å². The van der Waals surface area contributed by atoms with E-state index in [0.717, 1.165) is 6.42 Å². The second kappa shape index (κ2) is 3.78. The van der Waals surface area contributed by atoms with Gasteiger partial charge in [0.25, 0.3) is 0 Å². The van der Waals surface area contributed by atoms with Crippen LogP contribution in [0.1, 0.15) is 27.2 Å². The minimum Gasteiger partial charge on any atom is -0.340 e. The molecule has 3 nitrogen and oxygen atoms in total. The highest BCUT2D eigenvalue weighted by Crippen LogP contribution is 2.37. The van der Waals surface area contributed by atoms with Crippen molar-refractivity contribution >= 4 is 5.91 Å². The van der Waals surface area contributed by atoms with Crippen molar-refractivity contribution in [3.63, 3.8) is 0 Å². The third-order valence-corrected chi connectivity index (χ3v) is 2.55. The molecular formula is C10H16N2O. The minimum absolute atomic E-state index is 0.0488. The summed E-state index contributed by atoms with van der Waals surface area (Å²) in [4.78, 5) is 11.4. The third kappa shape index (κ3) is 2.45. The van der Waals surface area contributed by atoms with E-state index >= 15 is 0 Å². The van der Waals surface area contributed by atoms with Gasteiger partial charge in [-0.25, -0.2) is 0 Å². The minimum atomic E-state index is -0.333. The van der Waals surface area contributed by atoms with Gasteiger partial charge in [0.1, 0.15) is 6.04 Å². The maximum absolute atomic E-state index is 11.4. The van der Waals surface area contributed by atoms with Crippen LogP contribution in [0.3, 0.4) is 0 Å². The molecule has 0 saturated heterocycles. The van der Waals surface area contributed by atoms with E-state index in [1.165, 1.54) is 0 Å². The average Bonchev–Trinajstić information content (AvgIpc) is 2.77. The zero-order valence-electron chi connectivity index (χ0n) is 8.37. The number of nitrogens with one attached hydrogen (secondary N) is 1. The Kier molecular flexibility index (Phi) is 2.92. The summed E-state index contributed by atoms with van der Waals surface area (Å²) >= 11 is 0. The number of carbonyl (C=O) groups excluding carboxylic acids is 1. The molecule has 3 heteroatoms. The van der Waals surface area contributed by atoms with Gasteiger partial charge in [0.2, 0.25) is 5.91 Å². The lowest BCUT2D eigenvalue weighted by atomic mass is 10.1. The first kappa shape index (κ1) is 10.0. The van der Waals surface area contributed by atoms with E-state index in [2.05, 4.69) is 18.3 Å². The summed E-state index contributed by atoms with van der Waals surface area (Å²) in [6.45, 7) is 5.93. The van der Waals surface area contributed by atoms with Crippen LogP contribution in [0.5, 0.6) is 0 Å². The number of hydrogen-bond donors (Lipinski definition) is 1. The molecule has 0 aromatic rings. The molecule has 1 aliphatic rings. The molecule has 0 aromatic heterocycles. The van der Waals surface area contributed by atoms with Crippen LogP contribution in [0.15, 0.2) is 0 Å². The van der Waals surface area contributed by atoms with Crippen LogP contribution < -0.4 is 5.32 Å². The second-order valence-corrected chi connectivity index (χ2v) is 4.18. The Labute approximate surface area is 79.1 Å². The molecule has 0 spiro atoms. The van der Waals surface area contributed by atoms with Crippen LogP contribution in [0.4, 0.5) is 0 Å². The maximum Gasteiger partial charge on any atom is 0.224 e. The summed E-state index contributed by atoms with van der Waals surface area (Å²) in [6.07, 6.45) is 0.974. The standard InChI is InChI=1S/C10H16N2O/c1-6(2)9(5-11)12-10(13)8-4-7(8)3/h6-9H,4H2,1-3H3,(H,12,13)/t7?,8?,9-/m0/s1. The summed E-state index contributed by atoms with van der Waals surface area (Å²) in [5, 5.41) is 11.5. The van der Waals surface area contributed by atoms with Gasteiger partial charge in [-0.15, -0.1) is 0 Å². The molecule has 72 valence electrons. The predicted molar refractivity (Wildman–Crippen MR) is 49.7 cm³/mol. The first-order valence-corrected chi connectivity index (χ1v) is 4.76. The lowest BCUT2D eigenvalue weighted by molar-refractivity contribution is -0.123. The number of amides is 1. The molecule has 1 saturated carbocycles. The van der Waals surface area contributed by atoms with Crippen molar-refractivity contribution in [2.45, 2.75) is 33.2 Å². The van der Waals surface area contributed by atoms with Crippen molar-refractivity contribution in [2.75, 3.05) is 0 Å². The highest BCUT2D eigenvalue weighted by atomic mass is 16.2. The van der Waals surface area contributed by atoms with Crippen molar-refractivity contribution in [1.29, 1.82) is 5.26 Å². The Bertz CT molecular complexity index is 242. The second-order valence-electron chi connectivity index (χ2n) is 4.18. The van der Waals surface area contributed by atoms with Crippen molar-refractivity contribution in [3.05, 3.63) is 0 Å². The van der Waals surface area contributed by atoms with Crippen molar-refractivity contribution in [1.82, 2.24) is 5.32 Å². The quantitative estimate of drug-likeness (QED) is 0.711. The fraction of sp³-hybridized carbons (Fsp3) is 0.800. The maximum atomic E-state index is 11.4. The molecule has 13 heavy (non-hydrogen) atoms. The molecule has 3 atom stereocenters. The molecule has 1 N–H and O–H groups in total. The van der Waals surface area contributed by atoms with E-state index in [-0.39, 0.29) is 23.8 Å². The number of nitriles is 1. The summed E-state index contributed by atoms with van der Waals surface area (Å²) in [7, 11) is 0. The number of hydrogen-bond acceptors (Lipinski definition) is 2. The molecule has 2 unspecified atom stereocenters. The van der Waals surface area contributed by atoms with Crippen LogP contribution in [0, 0.1) is 29.1 Å². The van der Waals surface area contributed by atoms with E-state index in [9.17, 15) is 4.79 Å². The van der Waals surface area contributed by atoms with Crippen molar-refractivity contribution < 1.29 is 4.79 Å². The van der Waals surface area contributed by atoms with E-state index < -0.39 is 0 Å². The molecule has 1 aliphatic carbocycles. The lowest BCUT2D eigenvalue weighted by Gasteiger charge is -2.14. The molecule has 0 radical (unpaired) electrons. The van der Waals surface area contributed by atoms with Crippen LogP contribution in [-0.4, -0.2) is 11.9 Å². The molecule has 0 heterocycles. The van der Waals surface area contributed by atoms with E-state index in [4.69, 9.17) is 5.26 Å². The summed E-state index contributed by atoms with van der Waals surface area (Å²) in [5.74, 6) is 0.900. The van der Waals surface area contributed by atoms with Gasteiger partial charge in [-0.2, -0.15) is 5.26 Å². The summed E-state index contributed by atoms with van der Waals surface area (Å²) in [6, 6.07) is 1.76. The van der Waals surface area contributed by atoms with Gasteiger partial charge in [-0.05, 0) is 18.3 Å². The molecule has 0 bridgehead atoms. The van der Waals surface area contributed by atoms with E-state index in [1.54, 1.807) is 0 Å². The molecule has 1 amide bonds. The first-order chi connectivity index (χ1) is 6.06. The Hall–Kier alpha value is -1.04. The molecule has 0 aliphatic heterocycles. The predicted octanol–water partition coefficient (Wildman–Crippen LogP) is 1.31. The number of rotatable bonds is 3. The molecule has 0 aromatic carbocycles. The largest absolute Gasteiger partial charge is 0.340 e. The number of nitrogens with zero attached hydrogens (tertiary/aromatic N) is 1. The zero-order valence-corrected chi connectivity index (χ0v) is 8.37. The summed E-state index contributed by atoms with van der Waals surface area (Å²) < 4.78 is 0. The lowest BCUT2D eigenvalue weighted by Crippen LogP contribution is -2.38. The van der Waals surface area contributed by atoms with E-state index in [0.29, 0.717) is 5.92 Å². The monoisotopic (exact) mass is 180 g/mol. The number of carbonyl (C=O) groups is 1. The van der Waals surface area contributed by atoms with Gasteiger partial charge in [-0.1, -0.05) is 20.8 Å². The topological polar surface area (TPSA) is 52.9 Å². The van der Waals surface area contributed by atoms with Crippen molar-refractivity contribution in [2.24, 2.45) is 17.8 Å². The smallest absolute Gasteiger partial charge is 0.224 e. The molecule has 1 rings (SSSR count).